The van der Waals surface area contributed by atoms with Crippen LogP contribution in [0.3, 0.4) is 0 Å². The molecule has 2 nitrogen and oxygen atoms in total. The van der Waals surface area contributed by atoms with Crippen LogP contribution in [0.25, 0.3) is 5.57 Å². The number of hydrogen-bond acceptors (Lipinski definition) is 2. The molecule has 1 aromatic heterocycles. The zero-order chi connectivity index (χ0) is 11.5. The Morgan fingerprint density at radius 1 is 1.38 bits per heavy atom. The number of hydrogen-bond donors (Lipinski definition) is 1. The minimum absolute atomic E-state index is 0.195. The Bertz CT molecular complexity index is 376. The lowest BCUT2D eigenvalue weighted by atomic mass is 9.90. The smallest absolute Gasteiger partial charge is 0.0429 e. The topological polar surface area (TPSA) is 38.9 Å². The maximum absolute atomic E-state index is 6.11. The van der Waals surface area contributed by atoms with Crippen molar-refractivity contribution in [1.82, 2.24) is 4.98 Å². The molecule has 1 aromatic rings. The van der Waals surface area contributed by atoms with E-state index in [1.165, 1.54) is 17.6 Å². The van der Waals surface area contributed by atoms with Gasteiger partial charge in [-0.1, -0.05) is 26.0 Å². The molecule has 1 aliphatic carbocycles. The van der Waals surface area contributed by atoms with Crippen molar-refractivity contribution in [2.75, 3.05) is 0 Å². The number of nitrogens with zero attached hydrogens (tertiary/aromatic N) is 1. The summed E-state index contributed by atoms with van der Waals surface area (Å²) in [6.45, 7) is 4.32. The molecule has 0 aromatic carbocycles. The van der Waals surface area contributed by atoms with Crippen molar-refractivity contribution in [3.8, 4) is 0 Å². The molecular formula is C14H20N2. The molecule has 16 heavy (non-hydrogen) atoms. The highest BCUT2D eigenvalue weighted by molar-refractivity contribution is 5.69. The molecular weight excluding hydrogens is 196 g/mol. The van der Waals surface area contributed by atoms with Gasteiger partial charge in [0.2, 0.25) is 0 Å². The van der Waals surface area contributed by atoms with Crippen LogP contribution in [0.4, 0.5) is 0 Å². The number of aromatic nitrogens is 1. The van der Waals surface area contributed by atoms with Crippen molar-refractivity contribution >= 4 is 5.57 Å². The summed E-state index contributed by atoms with van der Waals surface area (Å²) in [7, 11) is 0. The normalized spacial score (nSPS) is 21.0. The highest BCUT2D eigenvalue weighted by Gasteiger charge is 2.15. The SMILES string of the molecule is CC(C)c1ccc(C2=CCCCC2N)cn1. The molecule has 1 atom stereocenters. The zero-order valence-electron chi connectivity index (χ0n) is 10.1. The van der Waals surface area contributed by atoms with Gasteiger partial charge < -0.3 is 5.73 Å². The largest absolute Gasteiger partial charge is 0.324 e. The molecule has 0 saturated carbocycles. The van der Waals surface area contributed by atoms with Crippen molar-refractivity contribution in [1.29, 1.82) is 0 Å². The van der Waals surface area contributed by atoms with E-state index in [-0.39, 0.29) is 6.04 Å². The third-order valence-corrected chi connectivity index (χ3v) is 3.19. The Hall–Kier alpha value is -1.15. The minimum atomic E-state index is 0.195. The van der Waals surface area contributed by atoms with E-state index in [1.54, 1.807) is 0 Å². The summed E-state index contributed by atoms with van der Waals surface area (Å²) in [5.74, 6) is 0.489. The summed E-state index contributed by atoms with van der Waals surface area (Å²) >= 11 is 0. The molecule has 2 rings (SSSR count). The lowest BCUT2D eigenvalue weighted by Gasteiger charge is -2.20. The summed E-state index contributed by atoms with van der Waals surface area (Å²) < 4.78 is 0. The first-order chi connectivity index (χ1) is 7.68. The Balaban J connectivity index is 2.24. The number of allylic oxidation sites excluding steroid dienone is 1. The molecule has 1 heterocycles. The summed E-state index contributed by atoms with van der Waals surface area (Å²) in [6.07, 6.45) is 7.68. The van der Waals surface area contributed by atoms with Gasteiger partial charge >= 0.3 is 0 Å². The Kier molecular flexibility index (Phi) is 3.39. The second-order valence-corrected chi connectivity index (χ2v) is 4.82. The van der Waals surface area contributed by atoms with Gasteiger partial charge in [-0.05, 0) is 42.4 Å². The van der Waals surface area contributed by atoms with Crippen molar-refractivity contribution in [2.45, 2.75) is 45.1 Å². The van der Waals surface area contributed by atoms with Gasteiger partial charge in [0.25, 0.3) is 0 Å². The zero-order valence-corrected chi connectivity index (χ0v) is 10.1. The van der Waals surface area contributed by atoms with Crippen LogP contribution in [0.5, 0.6) is 0 Å². The van der Waals surface area contributed by atoms with E-state index in [9.17, 15) is 0 Å². The molecule has 0 bridgehead atoms. The maximum atomic E-state index is 6.11. The van der Waals surface area contributed by atoms with Crippen LogP contribution in [0.15, 0.2) is 24.4 Å². The average Bonchev–Trinajstić information content (AvgIpc) is 2.30. The first-order valence-corrected chi connectivity index (χ1v) is 6.10. The lowest BCUT2D eigenvalue weighted by molar-refractivity contribution is 0.659. The van der Waals surface area contributed by atoms with E-state index >= 15 is 0 Å². The van der Waals surface area contributed by atoms with Gasteiger partial charge in [-0.3, -0.25) is 4.98 Å². The third-order valence-electron chi connectivity index (χ3n) is 3.19. The van der Waals surface area contributed by atoms with E-state index in [0.29, 0.717) is 5.92 Å². The average molecular weight is 216 g/mol. The first kappa shape index (κ1) is 11.3. The fraction of sp³-hybridized carbons (Fsp3) is 0.500. The van der Waals surface area contributed by atoms with Crippen molar-refractivity contribution in [2.24, 2.45) is 5.73 Å². The number of pyridine rings is 1. The van der Waals surface area contributed by atoms with Crippen molar-refractivity contribution < 1.29 is 0 Å². The summed E-state index contributed by atoms with van der Waals surface area (Å²) in [4.78, 5) is 4.49. The predicted molar refractivity (Wildman–Crippen MR) is 68.1 cm³/mol. The molecule has 1 unspecified atom stereocenters. The molecule has 0 radical (unpaired) electrons. The van der Waals surface area contributed by atoms with Gasteiger partial charge in [0.15, 0.2) is 0 Å². The third kappa shape index (κ3) is 2.33. The second kappa shape index (κ2) is 4.79. The fourth-order valence-electron chi connectivity index (χ4n) is 2.15. The van der Waals surface area contributed by atoms with Gasteiger partial charge in [-0.25, -0.2) is 0 Å². The van der Waals surface area contributed by atoms with Crippen LogP contribution in [-0.2, 0) is 0 Å². The summed E-state index contributed by atoms with van der Waals surface area (Å²) in [5.41, 5.74) is 9.72. The van der Waals surface area contributed by atoms with Crippen LogP contribution in [0.2, 0.25) is 0 Å². The van der Waals surface area contributed by atoms with Crippen LogP contribution < -0.4 is 5.73 Å². The standard InChI is InChI=1S/C14H20N2/c1-10(2)14-8-7-11(9-16-14)12-5-3-4-6-13(12)15/h5,7-10,13H,3-4,6,15H2,1-2H3. The lowest BCUT2D eigenvalue weighted by Crippen LogP contribution is -2.23. The van der Waals surface area contributed by atoms with E-state index in [2.05, 4.69) is 37.0 Å². The van der Waals surface area contributed by atoms with E-state index < -0.39 is 0 Å². The number of nitrogens with two attached hydrogens (primary N) is 1. The molecule has 0 fully saturated rings. The molecule has 0 spiro atoms. The van der Waals surface area contributed by atoms with Gasteiger partial charge in [-0.15, -0.1) is 0 Å². The van der Waals surface area contributed by atoms with Crippen molar-refractivity contribution in [3.63, 3.8) is 0 Å². The summed E-state index contributed by atoms with van der Waals surface area (Å²) in [6, 6.07) is 4.46. The second-order valence-electron chi connectivity index (χ2n) is 4.82. The van der Waals surface area contributed by atoms with E-state index in [1.807, 2.05) is 6.20 Å². The first-order valence-electron chi connectivity index (χ1n) is 6.10. The molecule has 0 amide bonds. The van der Waals surface area contributed by atoms with Crippen LogP contribution in [-0.4, -0.2) is 11.0 Å². The molecule has 0 saturated heterocycles. The monoisotopic (exact) mass is 216 g/mol. The maximum Gasteiger partial charge on any atom is 0.0429 e. The van der Waals surface area contributed by atoms with Gasteiger partial charge in [0, 0.05) is 17.9 Å². The molecule has 2 N–H and O–H groups in total. The fourth-order valence-corrected chi connectivity index (χ4v) is 2.15. The Morgan fingerprint density at radius 2 is 2.19 bits per heavy atom. The quantitative estimate of drug-likeness (QED) is 0.825. The van der Waals surface area contributed by atoms with E-state index in [0.717, 1.165) is 18.5 Å². The van der Waals surface area contributed by atoms with Gasteiger partial charge in [-0.2, -0.15) is 0 Å². The van der Waals surface area contributed by atoms with Crippen LogP contribution >= 0.6 is 0 Å². The minimum Gasteiger partial charge on any atom is -0.324 e. The number of rotatable bonds is 2. The Labute approximate surface area is 97.6 Å². The summed E-state index contributed by atoms with van der Waals surface area (Å²) in [5, 5.41) is 0. The highest BCUT2D eigenvalue weighted by Crippen LogP contribution is 2.26. The van der Waals surface area contributed by atoms with Crippen LogP contribution in [0, 0.1) is 0 Å². The van der Waals surface area contributed by atoms with E-state index in [4.69, 9.17) is 5.73 Å². The van der Waals surface area contributed by atoms with Crippen molar-refractivity contribution in [3.05, 3.63) is 35.7 Å². The van der Waals surface area contributed by atoms with Gasteiger partial charge in [0.05, 0.1) is 0 Å². The molecule has 86 valence electrons. The van der Waals surface area contributed by atoms with Crippen LogP contribution in [0.1, 0.15) is 50.3 Å². The predicted octanol–water partition coefficient (Wildman–Crippen LogP) is 3.10. The molecule has 0 aliphatic heterocycles. The molecule has 2 heteroatoms. The highest BCUT2D eigenvalue weighted by atomic mass is 14.7. The van der Waals surface area contributed by atoms with Gasteiger partial charge in [0.1, 0.15) is 0 Å². The molecule has 1 aliphatic rings. The Morgan fingerprint density at radius 3 is 2.75 bits per heavy atom.